The molecule has 0 spiro atoms. The van der Waals surface area contributed by atoms with E-state index in [1.165, 1.54) is 6.41 Å². The number of rotatable bonds is 4. The summed E-state index contributed by atoms with van der Waals surface area (Å²) in [5, 5.41) is 4.66. The molecule has 0 aliphatic carbocycles. The van der Waals surface area contributed by atoms with Crippen LogP contribution in [-0.2, 0) is 42.3 Å². The standard InChI is InChI=1S/C5H9N2O2.C2H5B.Y/c1-6-5(9)2-3-7-4-8;1-3-2;/h2-3H2,1H3,(H,6,9)(H,7,8);1H2,2H3;/q2*-1;. The summed E-state index contributed by atoms with van der Waals surface area (Å²) in [5.41, 5.74) is 0. The third-order valence-electron chi connectivity index (χ3n) is 0.828. The average Bonchev–Trinajstić information content (AvgIpc) is 2.06. The van der Waals surface area contributed by atoms with E-state index in [0.29, 0.717) is 13.0 Å². The van der Waals surface area contributed by atoms with Crippen LogP contribution in [0.1, 0.15) is 6.42 Å². The maximum absolute atomic E-state index is 10.4. The number of hydrogen-bond donors (Lipinski definition) is 2. The molecular weight excluding hydrogens is 244 g/mol. The van der Waals surface area contributed by atoms with E-state index in [0.717, 1.165) is 0 Å². The summed E-state index contributed by atoms with van der Waals surface area (Å²) in [4.78, 5) is 19.9. The van der Waals surface area contributed by atoms with Gasteiger partial charge in [0, 0.05) is 46.2 Å². The van der Waals surface area contributed by atoms with Crippen molar-refractivity contribution in [1.82, 2.24) is 10.6 Å². The van der Waals surface area contributed by atoms with E-state index in [1.54, 1.807) is 14.3 Å². The van der Waals surface area contributed by atoms with Gasteiger partial charge in [-0.2, -0.15) is 6.41 Å². The van der Waals surface area contributed by atoms with Gasteiger partial charge in [0.1, 0.15) is 0 Å². The summed E-state index contributed by atoms with van der Waals surface area (Å²) >= 11 is 0. The first kappa shape index (κ1) is 18.8. The zero-order valence-electron chi connectivity index (χ0n) is 8.09. The quantitative estimate of drug-likeness (QED) is 0.303. The molecule has 0 saturated heterocycles. The van der Waals surface area contributed by atoms with E-state index >= 15 is 0 Å². The molecule has 2 amide bonds. The summed E-state index contributed by atoms with van der Waals surface area (Å²) in [6.45, 7) is 5.60. The van der Waals surface area contributed by atoms with E-state index in [2.05, 4.69) is 17.5 Å². The average molecular weight is 258 g/mol. The van der Waals surface area contributed by atoms with Crippen LogP contribution in [0.15, 0.2) is 0 Å². The fourth-order valence-corrected chi connectivity index (χ4v) is 0.352. The minimum Gasteiger partial charge on any atom is -0.529 e. The Morgan fingerprint density at radius 1 is 1.62 bits per heavy atom. The summed E-state index contributed by atoms with van der Waals surface area (Å²) < 4.78 is 0. The second-order valence-electron chi connectivity index (χ2n) is 1.86. The van der Waals surface area contributed by atoms with Gasteiger partial charge in [0.15, 0.2) is 0 Å². The molecule has 0 atom stereocenters. The monoisotopic (exact) mass is 258 g/mol. The third kappa shape index (κ3) is 24.5. The Morgan fingerprint density at radius 3 is 2.38 bits per heavy atom. The molecule has 2 radical (unpaired) electrons. The molecule has 0 rings (SSSR count). The van der Waals surface area contributed by atoms with Crippen molar-refractivity contribution in [1.29, 1.82) is 0 Å². The van der Waals surface area contributed by atoms with E-state index in [-0.39, 0.29) is 38.6 Å². The Kier molecular flexibility index (Phi) is 26.1. The summed E-state index contributed by atoms with van der Waals surface area (Å²) in [6.07, 6.45) is 1.78. The van der Waals surface area contributed by atoms with E-state index in [4.69, 9.17) is 0 Å². The minimum absolute atomic E-state index is 0. The third-order valence-corrected chi connectivity index (χ3v) is 0.828. The summed E-state index contributed by atoms with van der Waals surface area (Å²) in [7, 11) is 3.30. The Labute approximate surface area is 106 Å². The fraction of sp³-hybridized carbons (Fsp3) is 0.571. The second-order valence-corrected chi connectivity index (χ2v) is 1.86. The SMILES string of the molecule is CNC(=O)CCN[C-]=O.[CH2-][B]C.[Y]. The van der Waals surface area contributed by atoms with Crippen LogP contribution in [0.5, 0.6) is 0 Å². The number of hydrogen-bond acceptors (Lipinski definition) is 2. The van der Waals surface area contributed by atoms with Gasteiger partial charge in [-0.25, -0.2) is 0 Å². The van der Waals surface area contributed by atoms with Gasteiger partial charge in [0.25, 0.3) is 0 Å². The number of nitrogens with one attached hydrogen (secondary N) is 2. The van der Waals surface area contributed by atoms with Crippen LogP contribution in [-0.4, -0.2) is 33.2 Å². The van der Waals surface area contributed by atoms with Crippen LogP contribution < -0.4 is 10.6 Å². The largest absolute Gasteiger partial charge is 0.529 e. The predicted molar refractivity (Wildman–Crippen MR) is 49.4 cm³/mol. The van der Waals surface area contributed by atoms with Gasteiger partial charge in [0.2, 0.25) is 5.91 Å². The van der Waals surface area contributed by atoms with Gasteiger partial charge in [-0.05, 0) is 6.54 Å². The van der Waals surface area contributed by atoms with E-state index in [1.807, 2.05) is 6.82 Å². The molecule has 13 heavy (non-hydrogen) atoms. The van der Waals surface area contributed by atoms with E-state index in [9.17, 15) is 9.59 Å². The van der Waals surface area contributed by atoms with Crippen LogP contribution in [0.3, 0.4) is 0 Å². The molecule has 0 aliphatic rings. The van der Waals surface area contributed by atoms with Gasteiger partial charge in [0.05, 0.1) is 0 Å². The first-order valence-electron chi connectivity index (χ1n) is 3.60. The van der Waals surface area contributed by atoms with Crippen molar-refractivity contribution in [2.45, 2.75) is 13.2 Å². The van der Waals surface area contributed by atoms with Crippen LogP contribution >= 0.6 is 0 Å². The second kappa shape index (κ2) is 18.0. The molecule has 0 saturated carbocycles. The van der Waals surface area contributed by atoms with Gasteiger partial charge in [-0.1, -0.05) is 7.28 Å². The molecular formula is C7H14BN2O2Y-2. The van der Waals surface area contributed by atoms with Crippen LogP contribution in [0.25, 0.3) is 0 Å². The first-order valence-corrected chi connectivity index (χ1v) is 3.60. The first-order chi connectivity index (χ1) is 5.72. The zero-order chi connectivity index (χ0) is 9.82. The Morgan fingerprint density at radius 2 is 2.08 bits per heavy atom. The van der Waals surface area contributed by atoms with Crippen molar-refractivity contribution in [3.8, 4) is 0 Å². The van der Waals surface area contributed by atoms with Crippen LogP contribution in [0.4, 0.5) is 0 Å². The van der Waals surface area contributed by atoms with Crippen molar-refractivity contribution < 1.29 is 42.3 Å². The molecule has 72 valence electrons. The Balaban J connectivity index is -0.000000220. The van der Waals surface area contributed by atoms with Crippen LogP contribution in [0.2, 0.25) is 6.82 Å². The molecule has 0 aromatic heterocycles. The Hall–Kier alpha value is 0.109. The molecule has 0 fully saturated rings. The van der Waals surface area contributed by atoms with Gasteiger partial charge in [-0.15, -0.1) is 6.82 Å². The molecule has 0 unspecified atom stereocenters. The van der Waals surface area contributed by atoms with Crippen LogP contribution in [0, 0.1) is 6.82 Å². The summed E-state index contributed by atoms with van der Waals surface area (Å²) in [6, 6.07) is 0. The summed E-state index contributed by atoms with van der Waals surface area (Å²) in [5.74, 6) is -0.0854. The fourth-order valence-electron chi connectivity index (χ4n) is 0.352. The normalized spacial score (nSPS) is 6.69. The molecule has 4 nitrogen and oxygen atoms in total. The smallest absolute Gasteiger partial charge is 0.221 e. The van der Waals surface area contributed by atoms with Gasteiger partial charge < -0.3 is 22.3 Å². The maximum atomic E-state index is 10.4. The maximum Gasteiger partial charge on any atom is 0.221 e. The number of amides is 2. The van der Waals surface area contributed by atoms with Crippen molar-refractivity contribution in [2.75, 3.05) is 13.6 Å². The van der Waals surface area contributed by atoms with Crippen molar-refractivity contribution in [2.24, 2.45) is 0 Å². The van der Waals surface area contributed by atoms with Gasteiger partial charge in [-0.3, -0.25) is 4.79 Å². The number of carbonyl (C=O) groups is 1. The molecule has 2 N–H and O–H groups in total. The molecule has 6 heteroatoms. The van der Waals surface area contributed by atoms with Crippen molar-refractivity contribution in [3.05, 3.63) is 6.82 Å². The van der Waals surface area contributed by atoms with E-state index < -0.39 is 0 Å². The molecule has 0 bridgehead atoms. The minimum atomic E-state index is -0.0854. The molecule has 0 aliphatic heterocycles. The van der Waals surface area contributed by atoms with Crippen molar-refractivity contribution >= 4 is 19.6 Å². The number of carbonyl (C=O) groups excluding carboxylic acids is 2. The zero-order valence-corrected chi connectivity index (χ0v) is 10.9. The molecule has 0 aromatic carbocycles. The van der Waals surface area contributed by atoms with Gasteiger partial charge >= 0.3 is 0 Å². The topological polar surface area (TPSA) is 58.2 Å². The predicted octanol–water partition coefficient (Wildman–Crippen LogP) is -0.693. The Bertz CT molecular complexity index is 125. The molecule has 0 aromatic rings. The molecule has 0 heterocycles. The van der Waals surface area contributed by atoms with Crippen molar-refractivity contribution in [3.63, 3.8) is 0 Å².